The molecule has 0 N–H and O–H groups in total. The van der Waals surface area contributed by atoms with Crippen LogP contribution in [-0.2, 0) is 4.79 Å². The molecule has 1 saturated carbocycles. The van der Waals surface area contributed by atoms with E-state index in [2.05, 4.69) is 55.7 Å². The Morgan fingerprint density at radius 3 is 2.24 bits per heavy atom. The van der Waals surface area contributed by atoms with Crippen molar-refractivity contribution in [3.05, 3.63) is 47.7 Å². The fraction of sp³-hybridized carbons (Fsp3) is 0.400. The maximum Gasteiger partial charge on any atom is 0.124 e. The third-order valence-electron chi connectivity index (χ3n) is 3.29. The summed E-state index contributed by atoms with van der Waals surface area (Å²) < 4.78 is 0. The molecule has 2 heteroatoms. The van der Waals surface area contributed by atoms with Crippen LogP contribution in [0.5, 0.6) is 0 Å². The van der Waals surface area contributed by atoms with Crippen LogP contribution in [0.15, 0.2) is 42.1 Å². The molecule has 0 aromatic heterocycles. The van der Waals surface area contributed by atoms with Gasteiger partial charge < -0.3 is 4.79 Å². The highest BCUT2D eigenvalue weighted by molar-refractivity contribution is 6.80. The normalized spacial score (nSPS) is 28.3. The van der Waals surface area contributed by atoms with E-state index in [0.717, 1.165) is 6.29 Å². The summed E-state index contributed by atoms with van der Waals surface area (Å²) in [6.07, 6.45) is 3.40. The lowest BCUT2D eigenvalue weighted by molar-refractivity contribution is -0.109. The van der Waals surface area contributed by atoms with Gasteiger partial charge in [-0.25, -0.2) is 0 Å². The first-order valence-corrected chi connectivity index (χ1v) is 9.80. The molecule has 0 unspecified atom stereocenters. The van der Waals surface area contributed by atoms with Crippen LogP contribution in [0.4, 0.5) is 0 Å². The molecule has 1 aromatic rings. The molecule has 0 aliphatic heterocycles. The van der Waals surface area contributed by atoms with Crippen molar-refractivity contribution in [2.24, 2.45) is 11.8 Å². The van der Waals surface area contributed by atoms with Crippen molar-refractivity contribution in [3.63, 3.8) is 0 Å². The van der Waals surface area contributed by atoms with Crippen molar-refractivity contribution < 1.29 is 4.79 Å². The lowest BCUT2D eigenvalue weighted by Crippen LogP contribution is -2.15. The summed E-state index contributed by atoms with van der Waals surface area (Å²) in [4.78, 5) is 11.1. The van der Waals surface area contributed by atoms with Crippen LogP contribution >= 0.6 is 0 Å². The SMILES string of the molecule is C[Si](C)(C)/C=C/[C@@H]1[C@H](C=O)[C@H]1c1ccccc1. The maximum absolute atomic E-state index is 11.1. The zero-order valence-corrected chi connectivity index (χ0v) is 11.8. The predicted octanol–water partition coefficient (Wildman–Crippen LogP) is 3.65. The Morgan fingerprint density at radius 1 is 1.06 bits per heavy atom. The second-order valence-electron chi connectivity index (χ2n) is 5.95. The molecule has 1 fully saturated rings. The minimum atomic E-state index is -1.15. The van der Waals surface area contributed by atoms with Gasteiger partial charge in [-0.3, -0.25) is 0 Å². The fourth-order valence-corrected chi connectivity index (χ4v) is 3.10. The summed E-state index contributed by atoms with van der Waals surface area (Å²) in [6.45, 7) is 6.96. The number of hydrogen-bond donors (Lipinski definition) is 0. The highest BCUT2D eigenvalue weighted by Crippen LogP contribution is 2.53. The highest BCUT2D eigenvalue weighted by Gasteiger charge is 2.49. The molecule has 17 heavy (non-hydrogen) atoms. The van der Waals surface area contributed by atoms with Crippen molar-refractivity contribution in [2.75, 3.05) is 0 Å². The van der Waals surface area contributed by atoms with Crippen LogP contribution in [-0.4, -0.2) is 14.4 Å². The van der Waals surface area contributed by atoms with Crippen molar-refractivity contribution in [2.45, 2.75) is 25.6 Å². The van der Waals surface area contributed by atoms with Gasteiger partial charge in [0.15, 0.2) is 0 Å². The molecule has 0 radical (unpaired) electrons. The number of carbonyl (C=O) groups excluding carboxylic acids is 1. The summed E-state index contributed by atoms with van der Waals surface area (Å²) in [5, 5.41) is 0. The molecule has 1 aliphatic rings. The average Bonchev–Trinajstić information content (AvgIpc) is 3.00. The molecule has 1 aromatic carbocycles. The third kappa shape index (κ3) is 2.94. The molecule has 0 amide bonds. The van der Waals surface area contributed by atoms with Gasteiger partial charge in [0.05, 0.1) is 8.07 Å². The van der Waals surface area contributed by atoms with Crippen LogP contribution in [0.1, 0.15) is 11.5 Å². The summed E-state index contributed by atoms with van der Waals surface area (Å²) in [7, 11) is -1.15. The van der Waals surface area contributed by atoms with Gasteiger partial charge in [0.25, 0.3) is 0 Å². The first kappa shape index (κ1) is 12.3. The highest BCUT2D eigenvalue weighted by atomic mass is 28.3. The van der Waals surface area contributed by atoms with Gasteiger partial charge in [0.2, 0.25) is 0 Å². The lowest BCUT2D eigenvalue weighted by atomic mass is 10.1. The molecular formula is C15H20OSi. The zero-order valence-electron chi connectivity index (χ0n) is 10.8. The molecule has 0 bridgehead atoms. The van der Waals surface area contributed by atoms with Crippen molar-refractivity contribution in [1.82, 2.24) is 0 Å². The molecule has 1 nitrogen and oxygen atoms in total. The topological polar surface area (TPSA) is 17.1 Å². The summed E-state index contributed by atoms with van der Waals surface area (Å²) >= 11 is 0. The molecular weight excluding hydrogens is 224 g/mol. The number of carbonyl (C=O) groups is 1. The molecule has 3 atom stereocenters. The van der Waals surface area contributed by atoms with Crippen LogP contribution in [0.3, 0.4) is 0 Å². The number of benzene rings is 1. The Bertz CT molecular complexity index is 416. The molecule has 0 saturated heterocycles. The van der Waals surface area contributed by atoms with E-state index >= 15 is 0 Å². The van der Waals surface area contributed by atoms with Gasteiger partial charge >= 0.3 is 0 Å². The number of hydrogen-bond acceptors (Lipinski definition) is 1. The van der Waals surface area contributed by atoms with Crippen molar-refractivity contribution >= 4 is 14.4 Å². The van der Waals surface area contributed by atoms with Crippen LogP contribution in [0.25, 0.3) is 0 Å². The second kappa shape index (κ2) is 4.61. The van der Waals surface area contributed by atoms with E-state index < -0.39 is 8.07 Å². The fourth-order valence-electron chi connectivity index (χ4n) is 2.30. The average molecular weight is 244 g/mol. The van der Waals surface area contributed by atoms with Crippen LogP contribution < -0.4 is 0 Å². The summed E-state index contributed by atoms with van der Waals surface area (Å²) in [5.41, 5.74) is 3.66. The monoisotopic (exact) mass is 244 g/mol. The van der Waals surface area contributed by atoms with E-state index in [1.165, 1.54) is 5.56 Å². The number of allylic oxidation sites excluding steroid dienone is 1. The van der Waals surface area contributed by atoms with E-state index in [4.69, 9.17) is 0 Å². The van der Waals surface area contributed by atoms with E-state index in [1.54, 1.807) is 0 Å². The molecule has 2 rings (SSSR count). The third-order valence-corrected chi connectivity index (χ3v) is 4.49. The molecule has 0 heterocycles. The Labute approximate surface area is 105 Å². The first-order valence-electron chi connectivity index (χ1n) is 6.22. The Balaban J connectivity index is 2.11. The zero-order chi connectivity index (χ0) is 12.5. The maximum atomic E-state index is 11.1. The van der Waals surface area contributed by atoms with Crippen LogP contribution in [0, 0.1) is 11.8 Å². The largest absolute Gasteiger partial charge is 0.303 e. The molecule has 90 valence electrons. The Hall–Kier alpha value is -1.15. The first-order chi connectivity index (χ1) is 8.03. The lowest BCUT2D eigenvalue weighted by Gasteiger charge is -2.07. The van der Waals surface area contributed by atoms with Crippen molar-refractivity contribution in [3.8, 4) is 0 Å². The Morgan fingerprint density at radius 2 is 1.71 bits per heavy atom. The van der Waals surface area contributed by atoms with Gasteiger partial charge in [-0.1, -0.05) is 61.7 Å². The van der Waals surface area contributed by atoms with Gasteiger partial charge in [0, 0.05) is 11.8 Å². The van der Waals surface area contributed by atoms with E-state index in [9.17, 15) is 4.79 Å². The quantitative estimate of drug-likeness (QED) is 0.583. The molecule has 1 aliphatic carbocycles. The van der Waals surface area contributed by atoms with Gasteiger partial charge in [0.1, 0.15) is 6.29 Å². The van der Waals surface area contributed by atoms with E-state index in [0.29, 0.717) is 11.8 Å². The smallest absolute Gasteiger partial charge is 0.124 e. The van der Waals surface area contributed by atoms with E-state index in [1.807, 2.05) is 6.07 Å². The number of aldehydes is 1. The minimum absolute atomic E-state index is 0.199. The van der Waals surface area contributed by atoms with Crippen molar-refractivity contribution in [1.29, 1.82) is 0 Å². The Kier molecular flexibility index (Phi) is 3.34. The minimum Gasteiger partial charge on any atom is -0.303 e. The van der Waals surface area contributed by atoms with Crippen LogP contribution in [0.2, 0.25) is 19.6 Å². The predicted molar refractivity (Wildman–Crippen MR) is 74.7 cm³/mol. The summed E-state index contributed by atoms with van der Waals surface area (Å²) in [5.74, 6) is 1.05. The summed E-state index contributed by atoms with van der Waals surface area (Å²) in [6, 6.07) is 10.4. The van der Waals surface area contributed by atoms with Gasteiger partial charge in [-0.15, -0.1) is 0 Å². The number of rotatable bonds is 4. The second-order valence-corrected chi connectivity index (χ2v) is 11.0. The van der Waals surface area contributed by atoms with Gasteiger partial charge in [-0.2, -0.15) is 0 Å². The molecule has 0 spiro atoms. The van der Waals surface area contributed by atoms with Gasteiger partial charge in [-0.05, 0) is 11.5 Å². The standard InChI is InChI=1S/C15H20OSi/c1-17(2,3)10-9-13-14(11-16)15(13)12-7-5-4-6-8-12/h4-11,13-15H,1-3H3/b10-9+/t13-,14+,15+/m1/s1. The van der Waals surface area contributed by atoms with E-state index in [-0.39, 0.29) is 5.92 Å².